The lowest BCUT2D eigenvalue weighted by atomic mass is 10.1. The lowest BCUT2D eigenvalue weighted by Gasteiger charge is -2.09. The van der Waals surface area contributed by atoms with E-state index in [1.807, 2.05) is 12.1 Å². The summed E-state index contributed by atoms with van der Waals surface area (Å²) in [5.41, 5.74) is 0.449. The average Bonchev–Trinajstić information content (AvgIpc) is 3.20. The molecule has 0 saturated carbocycles. The number of rotatable bonds is 4. The molecule has 0 saturated heterocycles. The van der Waals surface area contributed by atoms with E-state index in [1.165, 1.54) is 23.4 Å². The smallest absolute Gasteiger partial charge is 0.349 e. The van der Waals surface area contributed by atoms with Gasteiger partial charge in [0.2, 0.25) is 0 Å². The van der Waals surface area contributed by atoms with Crippen LogP contribution in [0.2, 0.25) is 0 Å². The predicted octanol–water partition coefficient (Wildman–Crippen LogP) is 1.70. The van der Waals surface area contributed by atoms with Gasteiger partial charge in [0.05, 0.1) is 0 Å². The summed E-state index contributed by atoms with van der Waals surface area (Å²) in [6.45, 7) is 0.175. The summed E-state index contributed by atoms with van der Waals surface area (Å²) in [6.07, 6.45) is 4.54. The van der Waals surface area contributed by atoms with Gasteiger partial charge in [-0.2, -0.15) is 5.10 Å². The molecular formula is C18H13N5O3. The summed E-state index contributed by atoms with van der Waals surface area (Å²) in [4.78, 5) is 32.7. The topological polar surface area (TPSA) is 103 Å². The number of carbonyl (C=O) groups is 1. The van der Waals surface area contributed by atoms with E-state index in [1.54, 1.807) is 30.5 Å². The van der Waals surface area contributed by atoms with Gasteiger partial charge in [0.25, 0.3) is 5.91 Å². The lowest BCUT2D eigenvalue weighted by Crippen LogP contribution is -2.28. The molecule has 128 valence electrons. The molecule has 8 heteroatoms. The largest absolute Gasteiger partial charge is 0.422 e. The van der Waals surface area contributed by atoms with Gasteiger partial charge in [-0.1, -0.05) is 24.3 Å². The number of para-hydroxylation sites is 1. The Bertz CT molecular complexity index is 1130. The van der Waals surface area contributed by atoms with Gasteiger partial charge in [-0.25, -0.2) is 19.4 Å². The first-order valence-corrected chi connectivity index (χ1v) is 7.82. The SMILES string of the molecule is O=C(NCc1cccnc1-n1cncn1)c1cc2ccccc2oc1=O. The summed E-state index contributed by atoms with van der Waals surface area (Å²) in [6, 6.07) is 12.1. The second-order valence-electron chi connectivity index (χ2n) is 5.49. The molecular weight excluding hydrogens is 334 g/mol. The molecule has 0 fully saturated rings. The molecule has 1 aromatic carbocycles. The fourth-order valence-electron chi connectivity index (χ4n) is 2.58. The molecule has 4 aromatic rings. The van der Waals surface area contributed by atoms with Crippen LogP contribution < -0.4 is 10.9 Å². The van der Waals surface area contributed by atoms with Crippen molar-refractivity contribution in [3.05, 3.63) is 82.9 Å². The average molecular weight is 347 g/mol. The van der Waals surface area contributed by atoms with E-state index >= 15 is 0 Å². The van der Waals surface area contributed by atoms with E-state index in [2.05, 4.69) is 20.4 Å². The van der Waals surface area contributed by atoms with E-state index < -0.39 is 11.5 Å². The molecule has 0 aliphatic heterocycles. The first-order chi connectivity index (χ1) is 12.7. The Kier molecular flexibility index (Phi) is 3.98. The van der Waals surface area contributed by atoms with Gasteiger partial charge >= 0.3 is 5.63 Å². The van der Waals surface area contributed by atoms with Crippen molar-refractivity contribution in [1.29, 1.82) is 0 Å². The normalized spacial score (nSPS) is 10.8. The number of pyridine rings is 1. The molecule has 1 amide bonds. The minimum absolute atomic E-state index is 0.0464. The Balaban J connectivity index is 1.59. The van der Waals surface area contributed by atoms with Crippen molar-refractivity contribution < 1.29 is 9.21 Å². The summed E-state index contributed by atoms with van der Waals surface area (Å²) in [7, 11) is 0. The van der Waals surface area contributed by atoms with Crippen LogP contribution in [0.25, 0.3) is 16.8 Å². The number of aromatic nitrogens is 4. The quantitative estimate of drug-likeness (QED) is 0.564. The van der Waals surface area contributed by atoms with Crippen molar-refractivity contribution in [3.63, 3.8) is 0 Å². The van der Waals surface area contributed by atoms with Crippen LogP contribution in [0.15, 0.2) is 70.5 Å². The summed E-state index contributed by atoms with van der Waals surface area (Å²) in [5.74, 6) is 0.0359. The molecule has 26 heavy (non-hydrogen) atoms. The molecule has 8 nitrogen and oxygen atoms in total. The first kappa shape index (κ1) is 15.7. The number of nitrogens with one attached hydrogen (secondary N) is 1. The minimum Gasteiger partial charge on any atom is -0.422 e. The highest BCUT2D eigenvalue weighted by atomic mass is 16.4. The molecule has 0 aliphatic rings. The summed E-state index contributed by atoms with van der Waals surface area (Å²) >= 11 is 0. The predicted molar refractivity (Wildman–Crippen MR) is 92.8 cm³/mol. The maximum atomic E-state index is 12.5. The van der Waals surface area contributed by atoms with Crippen LogP contribution in [0.5, 0.6) is 0 Å². The lowest BCUT2D eigenvalue weighted by molar-refractivity contribution is 0.0947. The van der Waals surface area contributed by atoms with Crippen molar-refractivity contribution in [2.75, 3.05) is 0 Å². The van der Waals surface area contributed by atoms with Crippen LogP contribution >= 0.6 is 0 Å². The van der Waals surface area contributed by atoms with Crippen LogP contribution in [0.4, 0.5) is 0 Å². The minimum atomic E-state index is -0.677. The number of hydrogen-bond donors (Lipinski definition) is 1. The van der Waals surface area contributed by atoms with Crippen molar-refractivity contribution in [3.8, 4) is 5.82 Å². The van der Waals surface area contributed by atoms with Gasteiger partial charge in [0.15, 0.2) is 5.82 Å². The second kappa shape index (κ2) is 6.60. The number of nitrogens with zero attached hydrogens (tertiary/aromatic N) is 4. The monoisotopic (exact) mass is 347 g/mol. The molecule has 3 aromatic heterocycles. The Morgan fingerprint density at radius 2 is 2.08 bits per heavy atom. The van der Waals surface area contributed by atoms with Crippen molar-refractivity contribution in [2.24, 2.45) is 0 Å². The molecule has 1 N–H and O–H groups in total. The van der Waals surface area contributed by atoms with Crippen LogP contribution in [-0.2, 0) is 6.54 Å². The molecule has 0 spiro atoms. The van der Waals surface area contributed by atoms with E-state index in [4.69, 9.17) is 4.42 Å². The van der Waals surface area contributed by atoms with Crippen molar-refractivity contribution in [2.45, 2.75) is 6.54 Å². The maximum Gasteiger partial charge on any atom is 0.349 e. The molecule has 4 rings (SSSR count). The van der Waals surface area contributed by atoms with Gasteiger partial charge in [0.1, 0.15) is 23.8 Å². The van der Waals surface area contributed by atoms with Gasteiger partial charge in [-0.05, 0) is 18.2 Å². The third kappa shape index (κ3) is 2.95. The maximum absolute atomic E-state index is 12.5. The van der Waals surface area contributed by atoms with Crippen LogP contribution in [0.1, 0.15) is 15.9 Å². The standard InChI is InChI=1S/C18H13N5O3/c24-17(14-8-12-4-1-2-6-15(12)26-18(14)25)21-9-13-5-3-7-20-16(13)23-11-19-10-22-23/h1-8,10-11H,9H2,(H,21,24). The Hall–Kier alpha value is -3.81. The first-order valence-electron chi connectivity index (χ1n) is 7.82. The third-order valence-corrected chi connectivity index (χ3v) is 3.83. The highest BCUT2D eigenvalue weighted by molar-refractivity contribution is 5.96. The number of benzene rings is 1. The van der Waals surface area contributed by atoms with Crippen molar-refractivity contribution >= 4 is 16.9 Å². The molecule has 0 bridgehead atoms. The molecule has 0 aliphatic carbocycles. The Labute approximate surface area is 147 Å². The van der Waals surface area contributed by atoms with E-state index in [0.717, 1.165) is 5.56 Å². The van der Waals surface area contributed by atoms with E-state index in [0.29, 0.717) is 16.8 Å². The molecule has 0 atom stereocenters. The number of carbonyl (C=O) groups excluding carboxylic acids is 1. The second-order valence-corrected chi connectivity index (χ2v) is 5.49. The Morgan fingerprint density at radius 3 is 2.92 bits per heavy atom. The van der Waals surface area contributed by atoms with Gasteiger partial charge in [-0.3, -0.25) is 4.79 Å². The van der Waals surface area contributed by atoms with Crippen LogP contribution in [0, 0.1) is 0 Å². The zero-order valence-corrected chi connectivity index (χ0v) is 13.5. The Morgan fingerprint density at radius 1 is 1.19 bits per heavy atom. The zero-order valence-electron chi connectivity index (χ0n) is 13.5. The highest BCUT2D eigenvalue weighted by Crippen LogP contribution is 2.13. The molecule has 3 heterocycles. The zero-order chi connectivity index (χ0) is 17.9. The number of fused-ring (bicyclic) bond motifs is 1. The van der Waals surface area contributed by atoms with Crippen molar-refractivity contribution in [1.82, 2.24) is 25.1 Å². The molecule has 0 radical (unpaired) electrons. The van der Waals surface area contributed by atoms with Gasteiger partial charge in [-0.15, -0.1) is 0 Å². The number of amides is 1. The number of hydrogen-bond acceptors (Lipinski definition) is 6. The highest BCUT2D eigenvalue weighted by Gasteiger charge is 2.14. The summed E-state index contributed by atoms with van der Waals surface area (Å²) in [5, 5.41) is 7.45. The van der Waals surface area contributed by atoms with Crippen LogP contribution in [0.3, 0.4) is 0 Å². The van der Waals surface area contributed by atoms with Gasteiger partial charge < -0.3 is 9.73 Å². The fourth-order valence-corrected chi connectivity index (χ4v) is 2.58. The van der Waals surface area contributed by atoms with Gasteiger partial charge in [0, 0.05) is 23.7 Å². The van der Waals surface area contributed by atoms with E-state index in [-0.39, 0.29) is 12.1 Å². The third-order valence-electron chi connectivity index (χ3n) is 3.83. The van der Waals surface area contributed by atoms with E-state index in [9.17, 15) is 9.59 Å². The fraction of sp³-hybridized carbons (Fsp3) is 0.0556. The molecule has 0 unspecified atom stereocenters. The van der Waals surface area contributed by atoms with Crippen LogP contribution in [-0.4, -0.2) is 25.7 Å². The summed E-state index contributed by atoms with van der Waals surface area (Å²) < 4.78 is 6.70.